The Bertz CT molecular complexity index is 1040. The number of nitrogens with two attached hydrogens (primary N) is 1. The third-order valence-electron chi connectivity index (χ3n) is 4.83. The highest BCUT2D eigenvalue weighted by molar-refractivity contribution is 7.98. The van der Waals surface area contributed by atoms with Crippen LogP contribution in [-0.2, 0) is 17.9 Å². The quantitative estimate of drug-likeness (QED) is 0.321. The molecule has 31 heavy (non-hydrogen) atoms. The number of nitrogens with zero attached hydrogens (tertiary/aromatic N) is 3. The summed E-state index contributed by atoms with van der Waals surface area (Å²) in [5.74, 6) is 1.28. The van der Waals surface area contributed by atoms with E-state index >= 15 is 0 Å². The van der Waals surface area contributed by atoms with Crippen LogP contribution in [-0.4, -0.2) is 40.0 Å². The highest BCUT2D eigenvalue weighted by atomic mass is 32.2. The molecule has 0 unspecified atom stereocenters. The van der Waals surface area contributed by atoms with E-state index in [1.165, 1.54) is 0 Å². The Morgan fingerprint density at radius 2 is 2.10 bits per heavy atom. The van der Waals surface area contributed by atoms with Gasteiger partial charge in [0.1, 0.15) is 17.9 Å². The number of amides is 2. The van der Waals surface area contributed by atoms with E-state index in [9.17, 15) is 4.79 Å². The molecule has 0 saturated carbocycles. The first-order valence-corrected chi connectivity index (χ1v) is 11.6. The third kappa shape index (κ3) is 6.11. The van der Waals surface area contributed by atoms with Crippen LogP contribution in [0.1, 0.15) is 31.3 Å². The van der Waals surface area contributed by atoms with E-state index in [0.717, 1.165) is 47.0 Å². The van der Waals surface area contributed by atoms with Crippen molar-refractivity contribution in [3.63, 3.8) is 0 Å². The number of fused-ring (bicyclic) bond motifs is 1. The number of aromatic nitrogens is 3. The molecule has 0 radical (unpaired) electrons. The van der Waals surface area contributed by atoms with Gasteiger partial charge in [0.15, 0.2) is 5.82 Å². The van der Waals surface area contributed by atoms with Crippen LogP contribution in [0.15, 0.2) is 35.2 Å². The molecule has 0 fully saturated rings. The number of ether oxygens (including phenoxy) is 1. The Morgan fingerprint density at radius 1 is 1.26 bits per heavy atom. The maximum atomic E-state index is 12.1. The predicted octanol–water partition coefficient (Wildman–Crippen LogP) is 4.18. The van der Waals surface area contributed by atoms with Crippen LogP contribution >= 0.6 is 11.8 Å². The number of carbonyl (C=O) groups is 1. The minimum atomic E-state index is -0.196. The average molecular weight is 443 g/mol. The van der Waals surface area contributed by atoms with Gasteiger partial charge in [-0.05, 0) is 57.2 Å². The van der Waals surface area contributed by atoms with Gasteiger partial charge < -0.3 is 25.7 Å². The third-order valence-corrected chi connectivity index (χ3v) is 5.55. The number of unbranched alkanes of at least 4 members (excludes halogenated alkanes) is 1. The summed E-state index contributed by atoms with van der Waals surface area (Å²) >= 11 is 1.64. The number of aryl methyl sites for hydroxylation is 2. The number of hydrogen-bond acceptors (Lipinski definition) is 6. The number of hydrogen-bond donors (Lipinski definition) is 3. The lowest BCUT2D eigenvalue weighted by Gasteiger charge is -2.11. The van der Waals surface area contributed by atoms with Crippen molar-refractivity contribution < 1.29 is 9.53 Å². The number of benzene rings is 1. The highest BCUT2D eigenvalue weighted by Gasteiger charge is 2.14. The average Bonchev–Trinajstić information content (AvgIpc) is 3.09. The second-order valence-electron chi connectivity index (χ2n) is 7.15. The molecule has 3 aromatic rings. The molecular weight excluding hydrogens is 412 g/mol. The lowest BCUT2D eigenvalue weighted by Crippen LogP contribution is -2.29. The number of pyridine rings is 1. The van der Waals surface area contributed by atoms with Gasteiger partial charge in [0.2, 0.25) is 0 Å². The number of nitrogens with one attached hydrogen (secondary N) is 2. The molecule has 2 amide bonds. The second kappa shape index (κ2) is 11.0. The van der Waals surface area contributed by atoms with E-state index in [2.05, 4.69) is 25.2 Å². The van der Waals surface area contributed by atoms with Crippen molar-refractivity contribution in [2.75, 3.05) is 30.5 Å². The van der Waals surface area contributed by atoms with Gasteiger partial charge in [-0.2, -0.15) is 0 Å². The van der Waals surface area contributed by atoms with Gasteiger partial charge in [0, 0.05) is 36.0 Å². The van der Waals surface area contributed by atoms with Crippen LogP contribution in [0.3, 0.4) is 0 Å². The van der Waals surface area contributed by atoms with Gasteiger partial charge >= 0.3 is 6.03 Å². The molecule has 0 saturated heterocycles. The standard InChI is InChI=1S/C22H30N6O2S/c1-4-30-14-19-27-20-18(12-15(2)25-21(20)23)28(19)11-6-5-10-24-22(29)26-16-8-7-9-17(13-16)31-3/h7-9,12-13H,4-6,10-11,14H2,1-3H3,(H2,23,25)(H2,24,26,29). The number of nitrogen functional groups attached to an aromatic ring is 1. The van der Waals surface area contributed by atoms with Gasteiger partial charge in [-0.25, -0.2) is 14.8 Å². The van der Waals surface area contributed by atoms with Crippen molar-refractivity contribution in [3.8, 4) is 0 Å². The fourth-order valence-corrected chi connectivity index (χ4v) is 3.81. The molecule has 4 N–H and O–H groups in total. The van der Waals surface area contributed by atoms with E-state index in [1.54, 1.807) is 11.8 Å². The lowest BCUT2D eigenvalue weighted by molar-refractivity contribution is 0.126. The zero-order chi connectivity index (χ0) is 22.2. The van der Waals surface area contributed by atoms with Crippen molar-refractivity contribution in [2.24, 2.45) is 0 Å². The molecule has 8 nitrogen and oxygen atoms in total. The van der Waals surface area contributed by atoms with Gasteiger partial charge in [-0.1, -0.05) is 6.07 Å². The van der Waals surface area contributed by atoms with Crippen molar-refractivity contribution in [3.05, 3.63) is 41.9 Å². The Kier molecular flexibility index (Phi) is 8.13. The second-order valence-corrected chi connectivity index (χ2v) is 8.03. The Morgan fingerprint density at radius 3 is 2.87 bits per heavy atom. The monoisotopic (exact) mass is 442 g/mol. The number of imidazole rings is 1. The highest BCUT2D eigenvalue weighted by Crippen LogP contribution is 2.23. The van der Waals surface area contributed by atoms with Crippen molar-refractivity contribution >= 4 is 40.3 Å². The summed E-state index contributed by atoms with van der Waals surface area (Å²) in [6.07, 6.45) is 3.73. The van der Waals surface area contributed by atoms with Crippen LogP contribution in [0.5, 0.6) is 0 Å². The van der Waals surface area contributed by atoms with Gasteiger partial charge in [-0.3, -0.25) is 0 Å². The molecule has 0 atom stereocenters. The molecule has 0 bridgehead atoms. The minimum absolute atomic E-state index is 0.196. The van der Waals surface area contributed by atoms with Crippen LogP contribution < -0.4 is 16.4 Å². The topological polar surface area (TPSA) is 107 Å². The maximum absolute atomic E-state index is 12.1. The summed E-state index contributed by atoms with van der Waals surface area (Å²) in [5, 5.41) is 5.79. The van der Waals surface area contributed by atoms with E-state index < -0.39 is 0 Å². The minimum Gasteiger partial charge on any atom is -0.382 e. The summed E-state index contributed by atoms with van der Waals surface area (Å²) in [5.41, 5.74) is 9.41. The Balaban J connectivity index is 1.54. The summed E-state index contributed by atoms with van der Waals surface area (Å²) in [6.45, 7) is 6.28. The molecule has 0 aliphatic heterocycles. The van der Waals surface area contributed by atoms with Crippen LogP contribution in [0.25, 0.3) is 11.0 Å². The molecule has 0 spiro atoms. The summed E-state index contributed by atoms with van der Waals surface area (Å²) < 4.78 is 7.72. The number of urea groups is 1. The van der Waals surface area contributed by atoms with E-state index in [1.807, 2.05) is 50.4 Å². The van der Waals surface area contributed by atoms with E-state index in [4.69, 9.17) is 10.5 Å². The number of carbonyl (C=O) groups excluding carboxylic acids is 1. The summed E-state index contributed by atoms with van der Waals surface area (Å²) in [7, 11) is 0. The Labute approximate surface area is 187 Å². The predicted molar refractivity (Wildman–Crippen MR) is 126 cm³/mol. The fourth-order valence-electron chi connectivity index (χ4n) is 3.35. The lowest BCUT2D eigenvalue weighted by atomic mass is 10.2. The summed E-state index contributed by atoms with van der Waals surface area (Å²) in [4.78, 5) is 22.2. The zero-order valence-electron chi connectivity index (χ0n) is 18.3. The molecule has 0 aliphatic rings. The molecule has 3 rings (SSSR count). The first kappa shape index (κ1) is 22.9. The number of anilines is 2. The molecular formula is C22H30N6O2S. The fraction of sp³-hybridized carbons (Fsp3) is 0.409. The molecule has 0 aliphatic carbocycles. The molecule has 9 heteroatoms. The van der Waals surface area contributed by atoms with Crippen LogP contribution in [0, 0.1) is 6.92 Å². The molecule has 2 heterocycles. The van der Waals surface area contributed by atoms with Crippen LogP contribution in [0.2, 0.25) is 0 Å². The van der Waals surface area contributed by atoms with E-state index in [-0.39, 0.29) is 6.03 Å². The van der Waals surface area contributed by atoms with Crippen LogP contribution in [0.4, 0.5) is 16.3 Å². The first-order chi connectivity index (χ1) is 15.0. The maximum Gasteiger partial charge on any atom is 0.319 e. The van der Waals surface area contributed by atoms with Gasteiger partial charge in [0.05, 0.1) is 5.52 Å². The van der Waals surface area contributed by atoms with Gasteiger partial charge in [0.25, 0.3) is 0 Å². The SMILES string of the molecule is CCOCc1nc2c(N)nc(C)cc2n1CCCCNC(=O)Nc1cccc(SC)c1. The zero-order valence-corrected chi connectivity index (χ0v) is 19.1. The number of rotatable bonds is 10. The van der Waals surface area contributed by atoms with Gasteiger partial charge in [-0.15, -0.1) is 11.8 Å². The first-order valence-electron chi connectivity index (χ1n) is 10.4. The summed E-state index contributed by atoms with van der Waals surface area (Å²) in [6, 6.07) is 9.59. The van der Waals surface area contributed by atoms with Crippen molar-refractivity contribution in [1.82, 2.24) is 19.9 Å². The van der Waals surface area contributed by atoms with Crippen molar-refractivity contribution in [2.45, 2.75) is 44.7 Å². The number of thioether (sulfide) groups is 1. The molecule has 1 aromatic carbocycles. The Hall–Kier alpha value is -2.78. The molecule has 166 valence electrons. The largest absolute Gasteiger partial charge is 0.382 e. The normalized spacial score (nSPS) is 11.1. The smallest absolute Gasteiger partial charge is 0.319 e. The van der Waals surface area contributed by atoms with Crippen molar-refractivity contribution in [1.29, 1.82) is 0 Å². The molecule has 2 aromatic heterocycles. The van der Waals surface area contributed by atoms with E-state index in [0.29, 0.717) is 31.1 Å².